The van der Waals surface area contributed by atoms with Crippen LogP contribution in [-0.2, 0) is 11.3 Å². The molecule has 0 aliphatic carbocycles. The summed E-state index contributed by atoms with van der Waals surface area (Å²) in [6.45, 7) is 6.24. The summed E-state index contributed by atoms with van der Waals surface area (Å²) < 4.78 is 5.34. The molecule has 1 amide bonds. The largest absolute Gasteiger partial charge is 0.423 e. The lowest BCUT2D eigenvalue weighted by atomic mass is 10.2. The van der Waals surface area contributed by atoms with E-state index in [1.807, 2.05) is 20.8 Å². The standard InChI is InChI=1S/C10H17N3O2/c1-4-5-8(14)11-6-9-12-13-10(15-9)7(2)3/h7H,4-6H2,1-3H3,(H,11,14). The number of carbonyl (C=O) groups is 1. The van der Waals surface area contributed by atoms with Gasteiger partial charge in [0.05, 0.1) is 6.54 Å². The summed E-state index contributed by atoms with van der Waals surface area (Å²) in [6, 6.07) is 0. The number of hydrogen-bond acceptors (Lipinski definition) is 4. The van der Waals surface area contributed by atoms with E-state index in [2.05, 4.69) is 15.5 Å². The third kappa shape index (κ3) is 3.69. The van der Waals surface area contributed by atoms with E-state index in [1.165, 1.54) is 0 Å². The van der Waals surface area contributed by atoms with Crippen LogP contribution in [0.4, 0.5) is 0 Å². The van der Waals surface area contributed by atoms with E-state index >= 15 is 0 Å². The Balaban J connectivity index is 2.41. The maximum absolute atomic E-state index is 11.2. The normalized spacial score (nSPS) is 10.7. The fourth-order valence-electron chi connectivity index (χ4n) is 1.06. The maximum atomic E-state index is 11.2. The lowest BCUT2D eigenvalue weighted by molar-refractivity contribution is -0.121. The van der Waals surface area contributed by atoms with E-state index in [-0.39, 0.29) is 11.8 Å². The van der Waals surface area contributed by atoms with Crippen molar-refractivity contribution < 1.29 is 9.21 Å². The van der Waals surface area contributed by atoms with Crippen LogP contribution in [0.2, 0.25) is 0 Å². The van der Waals surface area contributed by atoms with Gasteiger partial charge >= 0.3 is 0 Å². The van der Waals surface area contributed by atoms with E-state index in [9.17, 15) is 4.79 Å². The molecule has 5 nitrogen and oxygen atoms in total. The van der Waals surface area contributed by atoms with Gasteiger partial charge in [-0.15, -0.1) is 10.2 Å². The molecule has 0 spiro atoms. The monoisotopic (exact) mass is 211 g/mol. The average Bonchev–Trinajstić information content (AvgIpc) is 2.63. The first-order valence-electron chi connectivity index (χ1n) is 5.22. The minimum Gasteiger partial charge on any atom is -0.423 e. The van der Waals surface area contributed by atoms with Crippen molar-refractivity contribution in [1.29, 1.82) is 0 Å². The van der Waals surface area contributed by atoms with Gasteiger partial charge in [0.2, 0.25) is 17.7 Å². The molecule has 1 N–H and O–H groups in total. The molecular formula is C10H17N3O2. The predicted octanol–water partition coefficient (Wildman–Crippen LogP) is 1.61. The second-order valence-corrected chi connectivity index (χ2v) is 3.72. The minimum atomic E-state index is 0.0156. The van der Waals surface area contributed by atoms with Crippen molar-refractivity contribution in [1.82, 2.24) is 15.5 Å². The second kappa shape index (κ2) is 5.48. The lowest BCUT2D eigenvalue weighted by Gasteiger charge is -1.99. The zero-order valence-electron chi connectivity index (χ0n) is 9.41. The molecule has 0 radical (unpaired) electrons. The van der Waals surface area contributed by atoms with E-state index in [1.54, 1.807) is 0 Å². The Hall–Kier alpha value is -1.39. The second-order valence-electron chi connectivity index (χ2n) is 3.72. The Morgan fingerprint density at radius 3 is 2.73 bits per heavy atom. The Morgan fingerprint density at radius 2 is 2.20 bits per heavy atom. The van der Waals surface area contributed by atoms with Crippen molar-refractivity contribution in [2.75, 3.05) is 0 Å². The van der Waals surface area contributed by atoms with Gasteiger partial charge in [-0.2, -0.15) is 0 Å². The van der Waals surface area contributed by atoms with Crippen LogP contribution in [0.1, 0.15) is 51.3 Å². The molecule has 0 unspecified atom stereocenters. The van der Waals surface area contributed by atoms with Crippen LogP contribution in [0.3, 0.4) is 0 Å². The molecular weight excluding hydrogens is 194 g/mol. The topological polar surface area (TPSA) is 68.0 Å². The molecule has 1 aromatic rings. The first-order chi connectivity index (χ1) is 7.13. The van der Waals surface area contributed by atoms with Crippen LogP contribution in [-0.4, -0.2) is 16.1 Å². The number of aromatic nitrogens is 2. The number of nitrogens with one attached hydrogen (secondary N) is 1. The van der Waals surface area contributed by atoms with E-state index in [4.69, 9.17) is 4.42 Å². The Bertz CT molecular complexity index is 320. The van der Waals surface area contributed by atoms with Crippen molar-refractivity contribution in [2.24, 2.45) is 0 Å². The Kier molecular flexibility index (Phi) is 4.27. The molecule has 0 aliphatic rings. The molecule has 0 saturated carbocycles. The van der Waals surface area contributed by atoms with Crippen molar-refractivity contribution in [2.45, 2.75) is 46.1 Å². The summed E-state index contributed by atoms with van der Waals surface area (Å²) in [6.07, 6.45) is 1.37. The smallest absolute Gasteiger partial charge is 0.235 e. The number of rotatable bonds is 5. The summed E-state index contributed by atoms with van der Waals surface area (Å²) >= 11 is 0. The van der Waals surface area contributed by atoms with Crippen LogP contribution in [0, 0.1) is 0 Å². The van der Waals surface area contributed by atoms with E-state index in [0.717, 1.165) is 6.42 Å². The molecule has 1 aromatic heterocycles. The molecule has 0 aliphatic heterocycles. The molecule has 15 heavy (non-hydrogen) atoms. The van der Waals surface area contributed by atoms with Crippen LogP contribution in [0.15, 0.2) is 4.42 Å². The molecule has 0 fully saturated rings. The fourth-order valence-corrected chi connectivity index (χ4v) is 1.06. The van der Waals surface area contributed by atoms with Gasteiger partial charge in [0.1, 0.15) is 0 Å². The molecule has 0 atom stereocenters. The summed E-state index contributed by atoms with van der Waals surface area (Å²) in [5.41, 5.74) is 0. The van der Waals surface area contributed by atoms with Crippen molar-refractivity contribution in [3.63, 3.8) is 0 Å². The Morgan fingerprint density at radius 1 is 1.47 bits per heavy atom. The highest BCUT2D eigenvalue weighted by molar-refractivity contribution is 5.75. The first kappa shape index (κ1) is 11.7. The zero-order chi connectivity index (χ0) is 11.3. The lowest BCUT2D eigenvalue weighted by Crippen LogP contribution is -2.22. The third-order valence-corrected chi connectivity index (χ3v) is 1.89. The van der Waals surface area contributed by atoms with Crippen molar-refractivity contribution in [3.05, 3.63) is 11.8 Å². The molecule has 84 valence electrons. The van der Waals surface area contributed by atoms with Gasteiger partial charge in [-0.1, -0.05) is 20.8 Å². The highest BCUT2D eigenvalue weighted by Gasteiger charge is 2.09. The van der Waals surface area contributed by atoms with Gasteiger partial charge in [0.15, 0.2) is 0 Å². The average molecular weight is 211 g/mol. The van der Waals surface area contributed by atoms with Gasteiger partial charge in [-0.05, 0) is 6.42 Å². The van der Waals surface area contributed by atoms with Crippen LogP contribution in [0.5, 0.6) is 0 Å². The predicted molar refractivity (Wildman–Crippen MR) is 55.1 cm³/mol. The molecule has 5 heteroatoms. The molecule has 1 heterocycles. The van der Waals surface area contributed by atoms with Crippen LogP contribution >= 0.6 is 0 Å². The third-order valence-electron chi connectivity index (χ3n) is 1.89. The summed E-state index contributed by atoms with van der Waals surface area (Å²) in [4.78, 5) is 11.2. The van der Waals surface area contributed by atoms with Crippen molar-refractivity contribution >= 4 is 5.91 Å². The summed E-state index contributed by atoms with van der Waals surface area (Å²) in [7, 11) is 0. The summed E-state index contributed by atoms with van der Waals surface area (Å²) in [5, 5.41) is 10.4. The Labute approximate surface area is 89.3 Å². The van der Waals surface area contributed by atoms with Gasteiger partial charge in [-0.3, -0.25) is 4.79 Å². The number of nitrogens with zero attached hydrogens (tertiary/aromatic N) is 2. The van der Waals surface area contributed by atoms with E-state index in [0.29, 0.717) is 24.7 Å². The molecule has 0 saturated heterocycles. The van der Waals surface area contributed by atoms with Gasteiger partial charge in [0, 0.05) is 12.3 Å². The molecule has 0 bridgehead atoms. The highest BCUT2D eigenvalue weighted by Crippen LogP contribution is 2.11. The number of amides is 1. The first-order valence-corrected chi connectivity index (χ1v) is 5.22. The van der Waals surface area contributed by atoms with Crippen LogP contribution < -0.4 is 5.32 Å². The fraction of sp³-hybridized carbons (Fsp3) is 0.700. The SMILES string of the molecule is CCCC(=O)NCc1nnc(C(C)C)o1. The number of carbonyl (C=O) groups excluding carboxylic acids is 1. The van der Waals surface area contributed by atoms with Gasteiger partial charge in [-0.25, -0.2) is 0 Å². The molecule has 0 aromatic carbocycles. The summed E-state index contributed by atoms with van der Waals surface area (Å²) in [5.74, 6) is 1.30. The minimum absolute atomic E-state index is 0.0156. The maximum Gasteiger partial charge on any atom is 0.235 e. The highest BCUT2D eigenvalue weighted by atomic mass is 16.4. The number of hydrogen-bond donors (Lipinski definition) is 1. The zero-order valence-corrected chi connectivity index (χ0v) is 9.41. The quantitative estimate of drug-likeness (QED) is 0.803. The van der Waals surface area contributed by atoms with Crippen LogP contribution in [0.25, 0.3) is 0 Å². The van der Waals surface area contributed by atoms with Crippen molar-refractivity contribution in [3.8, 4) is 0 Å². The van der Waals surface area contributed by atoms with Gasteiger partial charge in [0.25, 0.3) is 0 Å². The molecule has 1 rings (SSSR count). The van der Waals surface area contributed by atoms with E-state index < -0.39 is 0 Å². The van der Waals surface area contributed by atoms with Gasteiger partial charge < -0.3 is 9.73 Å².